The fourth-order valence-electron chi connectivity index (χ4n) is 2.93. The first-order valence-electron chi connectivity index (χ1n) is 8.87. The van der Waals surface area contributed by atoms with Gasteiger partial charge < -0.3 is 9.73 Å². The number of amides is 1. The molecule has 1 N–H and O–H groups in total. The van der Waals surface area contributed by atoms with Crippen LogP contribution in [0.15, 0.2) is 51.6 Å². The Morgan fingerprint density at radius 3 is 2.82 bits per heavy atom. The third kappa shape index (κ3) is 3.86. The summed E-state index contributed by atoms with van der Waals surface area (Å²) in [5.41, 5.74) is 4.37. The lowest BCUT2D eigenvalue weighted by atomic mass is 10.2. The van der Waals surface area contributed by atoms with Gasteiger partial charge in [0.1, 0.15) is 0 Å². The Morgan fingerprint density at radius 1 is 1.21 bits per heavy atom. The molecule has 0 aliphatic rings. The number of carbonyl (C=O) groups is 1. The Labute approximate surface area is 166 Å². The summed E-state index contributed by atoms with van der Waals surface area (Å²) < 4.78 is 7.46. The monoisotopic (exact) mass is 393 g/mol. The molecule has 4 aromatic rings. The molecule has 142 valence electrons. The van der Waals surface area contributed by atoms with Crippen molar-refractivity contribution >= 4 is 22.9 Å². The highest BCUT2D eigenvalue weighted by atomic mass is 32.1. The van der Waals surface area contributed by atoms with Crippen LogP contribution in [0.1, 0.15) is 23.7 Å². The zero-order chi connectivity index (χ0) is 19.5. The van der Waals surface area contributed by atoms with E-state index in [-0.39, 0.29) is 12.3 Å². The molecule has 7 nitrogen and oxygen atoms in total. The molecule has 3 aromatic heterocycles. The summed E-state index contributed by atoms with van der Waals surface area (Å²) in [6.07, 6.45) is 0.627. The number of aromatic nitrogens is 4. The Hall–Kier alpha value is -3.26. The average Bonchev–Trinajstić information content (AvgIpc) is 3.41. The van der Waals surface area contributed by atoms with Crippen molar-refractivity contribution in [1.82, 2.24) is 20.0 Å². The molecule has 0 radical (unpaired) electrons. The lowest BCUT2D eigenvalue weighted by Gasteiger charge is -2.12. The zero-order valence-electron chi connectivity index (χ0n) is 15.5. The third-order valence-electron chi connectivity index (χ3n) is 4.22. The molecular weight excluding hydrogens is 374 g/mol. The van der Waals surface area contributed by atoms with Crippen LogP contribution >= 0.6 is 11.3 Å². The molecule has 0 saturated heterocycles. The minimum atomic E-state index is -0.121. The van der Waals surface area contributed by atoms with Crippen molar-refractivity contribution in [3.8, 4) is 17.1 Å². The van der Waals surface area contributed by atoms with E-state index in [1.165, 1.54) is 0 Å². The van der Waals surface area contributed by atoms with E-state index in [2.05, 4.69) is 20.6 Å². The number of benzene rings is 1. The van der Waals surface area contributed by atoms with Gasteiger partial charge in [0.05, 0.1) is 17.1 Å². The maximum absolute atomic E-state index is 12.5. The highest BCUT2D eigenvalue weighted by Crippen LogP contribution is 2.23. The van der Waals surface area contributed by atoms with Gasteiger partial charge in [0, 0.05) is 29.5 Å². The van der Waals surface area contributed by atoms with E-state index in [4.69, 9.17) is 4.42 Å². The molecule has 0 saturated carbocycles. The van der Waals surface area contributed by atoms with Crippen LogP contribution in [0.25, 0.3) is 17.1 Å². The fraction of sp³-hybridized carbons (Fsp3) is 0.200. The van der Waals surface area contributed by atoms with Crippen molar-refractivity contribution in [1.29, 1.82) is 0 Å². The average molecular weight is 393 g/mol. The van der Waals surface area contributed by atoms with Gasteiger partial charge in [0.2, 0.25) is 17.7 Å². The van der Waals surface area contributed by atoms with Crippen LogP contribution < -0.4 is 5.32 Å². The van der Waals surface area contributed by atoms with Crippen LogP contribution in [0.3, 0.4) is 0 Å². The van der Waals surface area contributed by atoms with E-state index in [9.17, 15) is 4.79 Å². The van der Waals surface area contributed by atoms with E-state index in [1.54, 1.807) is 11.3 Å². The van der Waals surface area contributed by atoms with Crippen LogP contribution in [-0.4, -0.2) is 25.9 Å². The third-order valence-corrected chi connectivity index (χ3v) is 4.90. The van der Waals surface area contributed by atoms with Gasteiger partial charge in [-0.25, -0.2) is 4.68 Å². The van der Waals surface area contributed by atoms with Gasteiger partial charge in [-0.15, -0.1) is 10.2 Å². The summed E-state index contributed by atoms with van der Waals surface area (Å²) in [4.78, 5) is 12.5. The van der Waals surface area contributed by atoms with Gasteiger partial charge in [-0.1, -0.05) is 12.1 Å². The van der Waals surface area contributed by atoms with Gasteiger partial charge in [0.15, 0.2) is 0 Å². The quantitative estimate of drug-likeness (QED) is 0.531. The van der Waals surface area contributed by atoms with Crippen molar-refractivity contribution in [2.75, 3.05) is 5.32 Å². The van der Waals surface area contributed by atoms with Gasteiger partial charge in [-0.2, -0.15) is 16.4 Å². The second-order valence-corrected chi connectivity index (χ2v) is 7.20. The lowest BCUT2D eigenvalue weighted by molar-refractivity contribution is -0.116. The van der Waals surface area contributed by atoms with Crippen LogP contribution in [0.2, 0.25) is 0 Å². The van der Waals surface area contributed by atoms with E-state index < -0.39 is 0 Å². The van der Waals surface area contributed by atoms with Gasteiger partial charge in [0.25, 0.3) is 0 Å². The second kappa shape index (κ2) is 7.77. The van der Waals surface area contributed by atoms with Crippen molar-refractivity contribution in [2.24, 2.45) is 0 Å². The molecule has 0 spiro atoms. The van der Waals surface area contributed by atoms with E-state index in [0.29, 0.717) is 23.9 Å². The first-order chi connectivity index (χ1) is 13.6. The van der Waals surface area contributed by atoms with E-state index in [1.807, 2.05) is 65.7 Å². The van der Waals surface area contributed by atoms with E-state index >= 15 is 0 Å². The molecule has 28 heavy (non-hydrogen) atoms. The number of aryl methyl sites for hydroxylation is 3. The number of anilines is 1. The molecule has 0 bridgehead atoms. The minimum Gasteiger partial charge on any atom is -0.421 e. The fourth-order valence-corrected chi connectivity index (χ4v) is 3.56. The van der Waals surface area contributed by atoms with Gasteiger partial charge in [-0.3, -0.25) is 4.79 Å². The van der Waals surface area contributed by atoms with Crippen LogP contribution in [0, 0.1) is 13.8 Å². The summed E-state index contributed by atoms with van der Waals surface area (Å²) >= 11 is 1.57. The van der Waals surface area contributed by atoms with Gasteiger partial charge >= 0.3 is 0 Å². The number of para-hydroxylation sites is 2. The minimum absolute atomic E-state index is 0.121. The Balaban J connectivity index is 1.43. The van der Waals surface area contributed by atoms with Crippen LogP contribution in [0.4, 0.5) is 5.69 Å². The largest absolute Gasteiger partial charge is 0.421 e. The van der Waals surface area contributed by atoms with E-state index in [0.717, 1.165) is 22.6 Å². The second-order valence-electron chi connectivity index (χ2n) is 6.42. The molecule has 0 unspecified atom stereocenters. The first-order valence-corrected chi connectivity index (χ1v) is 9.82. The standard InChI is InChI=1S/C20H19N5O2S/c1-13-11-14(2)25(24-13)17-6-4-3-5-16(17)21-18(26)7-8-19-22-23-20(27-19)15-9-10-28-12-15/h3-6,9-12H,7-8H2,1-2H3,(H,21,26). The summed E-state index contributed by atoms with van der Waals surface area (Å²) in [7, 11) is 0. The molecule has 1 aromatic carbocycles. The molecule has 8 heteroatoms. The number of thiophene rings is 1. The van der Waals surface area contributed by atoms with Crippen molar-refractivity contribution in [3.05, 3.63) is 64.4 Å². The lowest BCUT2D eigenvalue weighted by Crippen LogP contribution is -2.15. The molecule has 0 fully saturated rings. The summed E-state index contributed by atoms with van der Waals surface area (Å²) in [5, 5.41) is 19.4. The summed E-state index contributed by atoms with van der Waals surface area (Å²) in [5.74, 6) is 0.805. The Bertz CT molecular complexity index is 1100. The molecular formula is C20H19N5O2S. The number of hydrogen-bond acceptors (Lipinski definition) is 6. The van der Waals surface area contributed by atoms with Crippen LogP contribution in [-0.2, 0) is 11.2 Å². The first kappa shape index (κ1) is 18.1. The molecule has 3 heterocycles. The molecule has 0 atom stereocenters. The number of hydrogen-bond donors (Lipinski definition) is 1. The van der Waals surface area contributed by atoms with Crippen molar-refractivity contribution in [3.63, 3.8) is 0 Å². The number of nitrogens with zero attached hydrogens (tertiary/aromatic N) is 4. The molecule has 0 aliphatic heterocycles. The predicted molar refractivity (Wildman–Crippen MR) is 108 cm³/mol. The summed E-state index contributed by atoms with van der Waals surface area (Å²) in [6.45, 7) is 3.93. The molecule has 0 aliphatic carbocycles. The normalized spacial score (nSPS) is 10.9. The summed E-state index contributed by atoms with van der Waals surface area (Å²) in [6, 6.07) is 11.5. The van der Waals surface area contributed by atoms with Crippen LogP contribution in [0.5, 0.6) is 0 Å². The number of rotatable bonds is 6. The zero-order valence-corrected chi connectivity index (χ0v) is 16.4. The van der Waals surface area contributed by atoms with Crippen molar-refractivity contribution < 1.29 is 9.21 Å². The predicted octanol–water partition coefficient (Wildman–Crippen LogP) is 4.17. The van der Waals surface area contributed by atoms with Gasteiger partial charge in [-0.05, 0) is 43.5 Å². The molecule has 1 amide bonds. The Morgan fingerprint density at radius 2 is 2.07 bits per heavy atom. The Kier molecular flexibility index (Phi) is 5.03. The highest BCUT2D eigenvalue weighted by Gasteiger charge is 2.13. The number of carbonyl (C=O) groups excluding carboxylic acids is 1. The smallest absolute Gasteiger partial charge is 0.248 e. The van der Waals surface area contributed by atoms with Crippen molar-refractivity contribution in [2.45, 2.75) is 26.7 Å². The molecule has 4 rings (SSSR count). The SMILES string of the molecule is Cc1cc(C)n(-c2ccccc2NC(=O)CCc2nnc(-c3ccsc3)o2)n1. The maximum atomic E-state index is 12.5. The maximum Gasteiger partial charge on any atom is 0.248 e. The highest BCUT2D eigenvalue weighted by molar-refractivity contribution is 7.08. The number of nitrogens with one attached hydrogen (secondary N) is 1. The topological polar surface area (TPSA) is 85.8 Å².